The lowest BCUT2D eigenvalue weighted by Crippen LogP contribution is -2.33. The molecule has 9 heteroatoms. The van der Waals surface area contributed by atoms with Gasteiger partial charge in [-0.1, -0.05) is 0 Å². The third-order valence-electron chi connectivity index (χ3n) is 3.54. The van der Waals surface area contributed by atoms with Crippen molar-refractivity contribution in [1.82, 2.24) is 24.5 Å². The second kappa shape index (κ2) is 5.96. The van der Waals surface area contributed by atoms with E-state index in [1.807, 2.05) is 6.07 Å². The van der Waals surface area contributed by atoms with E-state index in [1.165, 1.54) is 10.9 Å². The normalized spacial score (nSPS) is 12.2. The zero-order chi connectivity index (χ0) is 16.4. The largest absolute Gasteiger partial charge is 0.338 e. The third kappa shape index (κ3) is 2.97. The highest BCUT2D eigenvalue weighted by atomic mass is 16.6. The van der Waals surface area contributed by atoms with E-state index in [0.29, 0.717) is 12.2 Å². The van der Waals surface area contributed by atoms with Gasteiger partial charge in [0.15, 0.2) is 0 Å². The lowest BCUT2D eigenvalue weighted by atomic mass is 10.3. The van der Waals surface area contributed by atoms with E-state index in [9.17, 15) is 14.9 Å². The molecule has 0 aliphatic heterocycles. The van der Waals surface area contributed by atoms with Crippen LogP contribution in [0.1, 0.15) is 24.4 Å². The molecule has 0 aliphatic rings. The van der Waals surface area contributed by atoms with Crippen LogP contribution in [0, 0.1) is 17.0 Å². The van der Waals surface area contributed by atoms with E-state index in [2.05, 4.69) is 10.2 Å². The highest BCUT2D eigenvalue weighted by Crippen LogP contribution is 2.19. The summed E-state index contributed by atoms with van der Waals surface area (Å²) in [5.41, 5.74) is 1.10. The van der Waals surface area contributed by atoms with Gasteiger partial charge in [-0.3, -0.25) is 24.3 Å². The minimum Gasteiger partial charge on any atom is -0.338 e. The second-order valence-corrected chi connectivity index (χ2v) is 5.15. The minimum atomic E-state index is -0.620. The van der Waals surface area contributed by atoms with Crippen LogP contribution in [-0.4, -0.2) is 42.3 Å². The number of carbonyl (C=O) groups is 1. The standard InChI is InChI=1S/C13H18N6O3/c1-9-12(19(21)22)8-18(15-9)10(2)13(20)16(3)7-11-5-6-14-17(11)4/h5-6,8,10H,7H2,1-4H3. The topological polar surface area (TPSA) is 99.1 Å². The Kier molecular flexibility index (Phi) is 4.25. The number of hydrogen-bond donors (Lipinski definition) is 0. The van der Waals surface area contributed by atoms with Crippen LogP contribution in [-0.2, 0) is 18.4 Å². The fourth-order valence-electron chi connectivity index (χ4n) is 2.16. The first kappa shape index (κ1) is 15.7. The number of nitro groups is 1. The van der Waals surface area contributed by atoms with Gasteiger partial charge >= 0.3 is 5.69 Å². The summed E-state index contributed by atoms with van der Waals surface area (Å²) >= 11 is 0. The molecule has 0 radical (unpaired) electrons. The average molecular weight is 306 g/mol. The van der Waals surface area contributed by atoms with E-state index in [0.717, 1.165) is 5.69 Å². The molecule has 1 unspecified atom stereocenters. The molecule has 1 amide bonds. The maximum absolute atomic E-state index is 12.4. The number of rotatable bonds is 5. The highest BCUT2D eigenvalue weighted by Gasteiger charge is 2.24. The molecule has 1 atom stereocenters. The predicted octanol–water partition coefficient (Wildman–Crippen LogP) is 1.05. The predicted molar refractivity (Wildman–Crippen MR) is 78.0 cm³/mol. The zero-order valence-corrected chi connectivity index (χ0v) is 12.9. The SMILES string of the molecule is Cc1nn(C(C)C(=O)N(C)Cc2ccnn2C)cc1[N+](=O)[O-]. The summed E-state index contributed by atoms with van der Waals surface area (Å²) in [7, 11) is 3.48. The molecule has 0 saturated carbocycles. The number of likely N-dealkylation sites (N-methyl/N-ethyl adjacent to an activating group) is 1. The van der Waals surface area contributed by atoms with E-state index >= 15 is 0 Å². The fraction of sp³-hybridized carbons (Fsp3) is 0.462. The van der Waals surface area contributed by atoms with Gasteiger partial charge in [-0.15, -0.1) is 0 Å². The smallest absolute Gasteiger partial charge is 0.309 e. The van der Waals surface area contributed by atoms with Gasteiger partial charge in [-0.05, 0) is 19.9 Å². The van der Waals surface area contributed by atoms with Crippen LogP contribution in [0.4, 0.5) is 5.69 Å². The van der Waals surface area contributed by atoms with E-state index in [-0.39, 0.29) is 11.6 Å². The molecule has 0 aromatic carbocycles. The number of nitrogens with zero attached hydrogens (tertiary/aromatic N) is 6. The number of aryl methyl sites for hydroxylation is 2. The molecule has 2 aromatic heterocycles. The van der Waals surface area contributed by atoms with Gasteiger partial charge in [-0.25, -0.2) is 0 Å². The Morgan fingerprint density at radius 3 is 2.73 bits per heavy atom. The van der Waals surface area contributed by atoms with Gasteiger partial charge in [0.25, 0.3) is 0 Å². The molecular formula is C13H18N6O3. The van der Waals surface area contributed by atoms with Gasteiger partial charge < -0.3 is 4.90 Å². The van der Waals surface area contributed by atoms with Crippen molar-refractivity contribution in [2.75, 3.05) is 7.05 Å². The van der Waals surface area contributed by atoms with Crippen LogP contribution in [0.5, 0.6) is 0 Å². The Balaban J connectivity index is 2.13. The van der Waals surface area contributed by atoms with Crippen molar-refractivity contribution in [3.8, 4) is 0 Å². The molecule has 0 saturated heterocycles. The maximum atomic E-state index is 12.4. The molecule has 0 spiro atoms. The number of hydrogen-bond acceptors (Lipinski definition) is 5. The molecule has 9 nitrogen and oxygen atoms in total. The number of aromatic nitrogens is 4. The summed E-state index contributed by atoms with van der Waals surface area (Å²) in [6, 6.07) is 1.21. The van der Waals surface area contributed by atoms with Crippen LogP contribution in [0.25, 0.3) is 0 Å². The Bertz CT molecular complexity index is 704. The van der Waals surface area contributed by atoms with Crippen molar-refractivity contribution >= 4 is 11.6 Å². The highest BCUT2D eigenvalue weighted by molar-refractivity contribution is 5.79. The van der Waals surface area contributed by atoms with Crippen LogP contribution in [0.15, 0.2) is 18.5 Å². The van der Waals surface area contributed by atoms with Crippen molar-refractivity contribution < 1.29 is 9.72 Å². The molecule has 22 heavy (non-hydrogen) atoms. The first-order valence-corrected chi connectivity index (χ1v) is 6.73. The summed E-state index contributed by atoms with van der Waals surface area (Å²) in [5, 5.41) is 19.0. The second-order valence-electron chi connectivity index (χ2n) is 5.15. The Morgan fingerprint density at radius 2 is 2.23 bits per heavy atom. The lowest BCUT2D eigenvalue weighted by Gasteiger charge is -2.21. The monoisotopic (exact) mass is 306 g/mol. The molecule has 0 N–H and O–H groups in total. The van der Waals surface area contributed by atoms with Crippen LogP contribution >= 0.6 is 0 Å². The minimum absolute atomic E-state index is 0.0889. The molecular weight excluding hydrogens is 288 g/mol. The molecule has 2 heterocycles. The van der Waals surface area contributed by atoms with Crippen molar-refractivity contribution in [2.24, 2.45) is 7.05 Å². The Hall–Kier alpha value is -2.71. The number of amides is 1. The van der Waals surface area contributed by atoms with Crippen molar-refractivity contribution in [2.45, 2.75) is 26.4 Å². The summed E-state index contributed by atoms with van der Waals surface area (Å²) < 4.78 is 3.02. The quantitative estimate of drug-likeness (QED) is 0.607. The summed E-state index contributed by atoms with van der Waals surface area (Å²) in [4.78, 5) is 24.3. The van der Waals surface area contributed by atoms with Crippen LogP contribution < -0.4 is 0 Å². The molecule has 118 valence electrons. The summed E-state index contributed by atoms with van der Waals surface area (Å²) in [5.74, 6) is -0.182. The van der Waals surface area contributed by atoms with Crippen molar-refractivity contribution in [3.05, 3.63) is 40.0 Å². The summed E-state index contributed by atoms with van der Waals surface area (Å²) in [6.07, 6.45) is 2.95. The van der Waals surface area contributed by atoms with Gasteiger partial charge in [-0.2, -0.15) is 10.2 Å². The first-order chi connectivity index (χ1) is 10.3. The fourth-order valence-corrected chi connectivity index (χ4v) is 2.16. The average Bonchev–Trinajstić information content (AvgIpc) is 3.03. The van der Waals surface area contributed by atoms with Gasteiger partial charge in [0.05, 0.1) is 17.2 Å². The van der Waals surface area contributed by atoms with E-state index < -0.39 is 11.0 Å². The van der Waals surface area contributed by atoms with Crippen LogP contribution in [0.3, 0.4) is 0 Å². The van der Waals surface area contributed by atoms with E-state index in [1.54, 1.807) is 43.7 Å². The molecule has 2 rings (SSSR count). The molecule has 0 bridgehead atoms. The van der Waals surface area contributed by atoms with Crippen molar-refractivity contribution in [3.63, 3.8) is 0 Å². The lowest BCUT2D eigenvalue weighted by molar-refractivity contribution is -0.385. The Labute approximate surface area is 127 Å². The Morgan fingerprint density at radius 1 is 1.55 bits per heavy atom. The molecule has 0 fully saturated rings. The molecule has 0 aliphatic carbocycles. The van der Waals surface area contributed by atoms with Crippen LogP contribution in [0.2, 0.25) is 0 Å². The maximum Gasteiger partial charge on any atom is 0.309 e. The molecule has 2 aromatic rings. The van der Waals surface area contributed by atoms with E-state index in [4.69, 9.17) is 0 Å². The van der Waals surface area contributed by atoms with Gasteiger partial charge in [0.2, 0.25) is 5.91 Å². The summed E-state index contributed by atoms with van der Waals surface area (Å²) in [6.45, 7) is 3.62. The van der Waals surface area contributed by atoms with Gasteiger partial charge in [0, 0.05) is 20.3 Å². The van der Waals surface area contributed by atoms with Crippen molar-refractivity contribution in [1.29, 1.82) is 0 Å². The number of carbonyl (C=O) groups excluding carboxylic acids is 1. The first-order valence-electron chi connectivity index (χ1n) is 6.73. The van der Waals surface area contributed by atoms with Gasteiger partial charge in [0.1, 0.15) is 17.9 Å². The third-order valence-corrected chi connectivity index (χ3v) is 3.54. The zero-order valence-electron chi connectivity index (χ0n) is 12.9.